The fourth-order valence-corrected chi connectivity index (χ4v) is 16.3. The molecule has 8 nitrogen and oxygen atoms in total. The SMILES string of the molecule is [2H]C([2H])([2H])C(C)(C)c1ccc2c(c1)B1c3cc(C(C)(C([2H])([2H])[2H])C([2H])([2H])[2H])ccc3Oc3cc(C)cc(c31)O2.[2H]c1c([2H])c(C(C)(C)C)c([2H])c2c1B1c3c(cc(C(C)(C)C)cc3Oc3c([2H])c(C(C)(C)C)c([2H])c([2H])c31)O2.[2H]c1c([2H])c([2H])c(-c2c([2H])c3c(c(-c4c([2H])c([2H])c([2H])c([2H])c4[2H])c2[2H])Oc2cccc4c2B3c2c([2H])c([2H])c([2H])c([2H])c2O4)c([2H])c1[2H].[2H]c1c([2H])c2c3c(c1[2H])Oc1c([2H])c([2H])c(C(C)(C)C)c([2H])c1B3c1c([2H])c(C(C)(C)C)c([2H])c([2H])c1O2. The summed E-state index contributed by atoms with van der Waals surface area (Å²) < 4.78 is 394. The Bertz CT molecular complexity index is 8750. The van der Waals surface area contributed by atoms with Gasteiger partial charge < -0.3 is 37.9 Å². The van der Waals surface area contributed by atoms with Crippen molar-refractivity contribution in [2.24, 2.45) is 0 Å². The van der Waals surface area contributed by atoms with E-state index in [1.54, 1.807) is 38.1 Å². The van der Waals surface area contributed by atoms with E-state index in [4.69, 9.17) is 87.2 Å². The molecule has 14 aromatic rings. The molecule has 622 valence electrons. The monoisotopic (exact) mass is 1680 g/mol. The summed E-state index contributed by atoms with van der Waals surface area (Å²) in [5, 5.41) is 0. The Kier molecular flexibility index (Phi) is 11.6. The van der Waals surface area contributed by atoms with Crippen LogP contribution >= 0.6 is 0 Å². The molecule has 0 spiro atoms. The predicted octanol–water partition coefficient (Wildman–Crippen LogP) is 22.4. The summed E-state index contributed by atoms with van der Waals surface area (Å²) in [6, 6.07) is 8.60. The highest BCUT2D eigenvalue weighted by Crippen LogP contribution is 2.46. The second-order valence-electron chi connectivity index (χ2n) is 38.2. The van der Waals surface area contributed by atoms with Crippen LogP contribution in [0.15, 0.2) is 266 Å². The molecule has 0 fully saturated rings. The second kappa shape index (κ2) is 30.0. The topological polar surface area (TPSA) is 73.8 Å². The number of fused-ring (bicyclic) bond motifs is 16. The third kappa shape index (κ3) is 15.1. The standard InChI is InChI=1S/C30H19BO2.C30H35BO2.C27H29BO2.C26H27BO2/c1-3-10-20(11-4-1)22-18-23(21-12-5-2-6-13-21)30-25(19-22)31-24-14-7-8-15-26(24)32-27-16-9-17-28(33-30)29(27)31;1-28(2,3)18-10-12-21-23(14-18)32-25-16-20(30(7,8)9)17-26-27(25)31(21)22-13-11-19(29(4,5)6)15-24(22)33-26;1-16-12-23-25-24(13-16)30-22-11-9-18(27(5,6)7)15-20(22)28(25)19-14-17(26(2,3)4)8-10-21(19)29-23;1-25(2,3)16-10-12-20-18(14-16)27-19-15-17(26(4,5)6)11-13-21(19)29-23-9-7-8-22(28-20)24(23)27/h1-19H;10-17H,1-9H3;8-15H,1-7H3;7-15H,1-6H3/i1D,2D,3D,4D,5D,6D,7D,8D,10D,11D,12D,13D,14D,15D,18D,19D;10D,11D,12D,13D,14D,15D;2D3,3D3,5D3;7D,8D,9D,10D,11D,12D,13D,14D,15D. The number of rotatable bonds is 2. The van der Waals surface area contributed by atoms with Crippen LogP contribution in [0.5, 0.6) is 92.0 Å². The van der Waals surface area contributed by atoms with E-state index in [0.717, 1.165) is 16.6 Å². The van der Waals surface area contributed by atoms with Gasteiger partial charge in [-0.3, -0.25) is 0 Å². The maximum atomic E-state index is 9.54. The van der Waals surface area contributed by atoms with Crippen molar-refractivity contribution in [1.82, 2.24) is 0 Å². The molecule has 0 aliphatic carbocycles. The lowest BCUT2D eigenvalue weighted by Gasteiger charge is -2.36. The van der Waals surface area contributed by atoms with Crippen molar-refractivity contribution in [3.8, 4) is 114 Å². The molecule has 0 atom stereocenters. The summed E-state index contributed by atoms with van der Waals surface area (Å²) in [5.74, 6) is 2.58. The van der Waals surface area contributed by atoms with Crippen molar-refractivity contribution in [2.75, 3.05) is 0 Å². The van der Waals surface area contributed by atoms with Gasteiger partial charge in [-0.05, 0) is 247 Å². The van der Waals surface area contributed by atoms with E-state index < -0.39 is 217 Å². The second-order valence-corrected chi connectivity index (χ2v) is 38.2. The van der Waals surface area contributed by atoms with Crippen LogP contribution in [0, 0.1) is 6.92 Å². The molecule has 0 radical (unpaired) electrons. The van der Waals surface area contributed by atoms with Crippen LogP contribution in [0.4, 0.5) is 0 Å². The lowest BCUT2D eigenvalue weighted by atomic mass is 9.34. The molecular weight excluding hydrogens is 1530 g/mol. The first-order chi connectivity index (χ1) is 76.0. The van der Waals surface area contributed by atoms with Crippen molar-refractivity contribution in [3.05, 3.63) is 311 Å². The van der Waals surface area contributed by atoms with Crippen LogP contribution in [-0.4, -0.2) is 26.9 Å². The van der Waals surface area contributed by atoms with Crippen LogP contribution < -0.4 is 103 Å². The minimum absolute atomic E-state index is 0.0470. The minimum atomic E-state index is -2.81. The first-order valence-electron chi connectivity index (χ1n) is 61.3. The molecule has 125 heavy (non-hydrogen) atoms. The van der Waals surface area contributed by atoms with E-state index in [2.05, 4.69) is 20.8 Å². The average Bonchev–Trinajstić information content (AvgIpc) is 0.493. The van der Waals surface area contributed by atoms with Gasteiger partial charge >= 0.3 is 0 Å². The van der Waals surface area contributed by atoms with E-state index in [0.29, 0.717) is 89.6 Å². The molecular formula is C113H110B4O8. The first kappa shape index (κ1) is 48.3. The maximum Gasteiger partial charge on any atom is 0.260 e. The number of ether oxygens (including phenoxy) is 8. The largest absolute Gasteiger partial charge is 0.458 e. The van der Waals surface area contributed by atoms with Crippen LogP contribution in [0.25, 0.3) is 22.3 Å². The van der Waals surface area contributed by atoms with Gasteiger partial charge in [0.05, 0.1) is 42.5 Å². The summed E-state index contributed by atoms with van der Waals surface area (Å²) in [6.45, 7) is 23.7. The molecule has 22 rings (SSSR count). The molecule has 8 aliphatic heterocycles. The summed E-state index contributed by atoms with van der Waals surface area (Å²) in [7, 11) is 0. The fraction of sp³-hybridized carbons (Fsp3) is 0.257. The number of hydrogen-bond acceptors (Lipinski definition) is 8. The first-order valence-corrected chi connectivity index (χ1v) is 41.3. The number of hydrogen-bond donors (Lipinski definition) is 0. The van der Waals surface area contributed by atoms with Crippen LogP contribution in [0.1, 0.15) is 245 Å². The van der Waals surface area contributed by atoms with Crippen molar-refractivity contribution >= 4 is 92.4 Å². The van der Waals surface area contributed by atoms with Crippen LogP contribution in [0.2, 0.25) is 0 Å². The molecule has 14 aromatic carbocycles. The zero-order chi connectivity index (χ0) is 122. The Labute approximate surface area is 797 Å². The van der Waals surface area contributed by atoms with E-state index in [1.165, 1.54) is 31.2 Å². The van der Waals surface area contributed by atoms with E-state index >= 15 is 0 Å². The molecule has 8 heterocycles. The minimum Gasteiger partial charge on any atom is -0.458 e. The Morgan fingerprint density at radius 1 is 0.232 bits per heavy atom. The van der Waals surface area contributed by atoms with Crippen molar-refractivity contribution in [2.45, 2.75) is 190 Å². The molecule has 0 aromatic heterocycles. The molecule has 12 heteroatoms. The zero-order valence-corrected chi connectivity index (χ0v) is 72.6. The third-order valence-corrected chi connectivity index (χ3v) is 23.0. The molecule has 0 saturated heterocycles. The molecule has 0 bridgehead atoms. The van der Waals surface area contributed by atoms with E-state index in [1.807, 2.05) is 120 Å². The van der Waals surface area contributed by atoms with Gasteiger partial charge in [0.1, 0.15) is 92.0 Å². The van der Waals surface area contributed by atoms with Crippen molar-refractivity contribution < 1.29 is 92.7 Å². The van der Waals surface area contributed by atoms with Gasteiger partial charge in [-0.15, -0.1) is 0 Å². The Morgan fingerprint density at radius 3 is 1.12 bits per heavy atom. The Hall–Kier alpha value is -12.3. The normalized spacial score (nSPS) is 18.8. The van der Waals surface area contributed by atoms with Gasteiger partial charge in [-0.1, -0.05) is 314 Å². The Balaban J connectivity index is 0.000000136. The summed E-state index contributed by atoms with van der Waals surface area (Å²) in [6.07, 6.45) is 0. The highest BCUT2D eigenvalue weighted by molar-refractivity contribution is 7.00. The summed E-state index contributed by atoms with van der Waals surface area (Å²) in [4.78, 5) is 0. The molecule has 0 amide bonds. The smallest absolute Gasteiger partial charge is 0.260 e. The van der Waals surface area contributed by atoms with Crippen molar-refractivity contribution in [1.29, 1.82) is 0 Å². The third-order valence-electron chi connectivity index (χ3n) is 23.0. The highest BCUT2D eigenvalue weighted by atomic mass is 16.5. The van der Waals surface area contributed by atoms with Gasteiger partial charge in [0.2, 0.25) is 0 Å². The lowest BCUT2D eigenvalue weighted by molar-refractivity contribution is 0.455. The number of aryl methyl sites for hydroxylation is 1. The van der Waals surface area contributed by atoms with Gasteiger partial charge in [0.25, 0.3) is 26.9 Å². The maximum absolute atomic E-state index is 9.54. The molecule has 0 N–H and O–H groups in total. The molecule has 8 aliphatic rings. The number of benzene rings is 14. The van der Waals surface area contributed by atoms with E-state index in [-0.39, 0.29) is 174 Å². The van der Waals surface area contributed by atoms with Gasteiger partial charge in [-0.2, -0.15) is 0 Å². The van der Waals surface area contributed by atoms with Gasteiger partial charge in [0, 0.05) is 39.8 Å². The van der Waals surface area contributed by atoms with Crippen LogP contribution in [-0.2, 0) is 37.9 Å². The van der Waals surface area contributed by atoms with E-state index in [9.17, 15) is 5.48 Å². The Morgan fingerprint density at radius 2 is 0.608 bits per heavy atom. The lowest BCUT2D eigenvalue weighted by Crippen LogP contribution is -2.57. The average molecular weight is 1680 g/mol. The van der Waals surface area contributed by atoms with Crippen LogP contribution in [0.3, 0.4) is 0 Å². The predicted molar refractivity (Wildman–Crippen MR) is 523 cm³/mol. The molecule has 0 unspecified atom stereocenters. The fourth-order valence-electron chi connectivity index (χ4n) is 16.3. The zero-order valence-electron chi connectivity index (χ0n) is 113. The van der Waals surface area contributed by atoms with Gasteiger partial charge in [-0.25, -0.2) is 0 Å². The van der Waals surface area contributed by atoms with Crippen molar-refractivity contribution in [3.63, 3.8) is 0 Å². The quantitative estimate of drug-likeness (QED) is 0.159. The summed E-state index contributed by atoms with van der Waals surface area (Å²) in [5.41, 5.74) is -0.356. The van der Waals surface area contributed by atoms with Gasteiger partial charge in [0.15, 0.2) is 0 Å². The molecule has 0 saturated carbocycles. The summed E-state index contributed by atoms with van der Waals surface area (Å²) >= 11 is 0. The highest BCUT2D eigenvalue weighted by Gasteiger charge is 2.47. The number of para-hydroxylation sites is 1.